The van der Waals surface area contributed by atoms with Crippen LogP contribution in [-0.4, -0.2) is 18.6 Å². The summed E-state index contributed by atoms with van der Waals surface area (Å²) < 4.78 is 11.4. The van der Waals surface area contributed by atoms with E-state index in [1.165, 1.54) is 0 Å². The smallest absolute Gasteiger partial charge is 0.261 e. The number of aryl methyl sites for hydroxylation is 1. The number of nitrogens with one attached hydrogen (secondary N) is 1. The van der Waals surface area contributed by atoms with Crippen molar-refractivity contribution in [2.75, 3.05) is 6.61 Å². The van der Waals surface area contributed by atoms with Crippen LogP contribution < -0.4 is 14.8 Å². The fourth-order valence-electron chi connectivity index (χ4n) is 2.50. The van der Waals surface area contributed by atoms with Crippen molar-refractivity contribution in [3.05, 3.63) is 59.2 Å². The first-order chi connectivity index (χ1) is 12.0. The van der Waals surface area contributed by atoms with E-state index >= 15 is 0 Å². The standard InChI is InChI=1S/C21H27NO3/c1-5-19(25-20-9-7-8-15(3)16(20)4)21(23)22-14-17-10-12-18(13-11-17)24-6-2/h7-13,19H,5-6,14H2,1-4H3,(H,22,23). The monoisotopic (exact) mass is 341 g/mol. The van der Waals surface area contributed by atoms with Gasteiger partial charge in [0.1, 0.15) is 11.5 Å². The second kappa shape index (κ2) is 9.11. The molecule has 0 saturated heterocycles. The van der Waals surface area contributed by atoms with Gasteiger partial charge in [-0.3, -0.25) is 4.79 Å². The van der Waals surface area contributed by atoms with Gasteiger partial charge in [-0.05, 0) is 62.1 Å². The molecule has 0 heterocycles. The molecule has 1 N–H and O–H groups in total. The van der Waals surface area contributed by atoms with E-state index < -0.39 is 6.10 Å². The van der Waals surface area contributed by atoms with Crippen molar-refractivity contribution in [1.82, 2.24) is 5.32 Å². The Hall–Kier alpha value is -2.49. The Balaban J connectivity index is 1.94. The summed E-state index contributed by atoms with van der Waals surface area (Å²) in [6.45, 7) is 9.06. The van der Waals surface area contributed by atoms with Gasteiger partial charge in [-0.25, -0.2) is 0 Å². The van der Waals surface area contributed by atoms with Crippen molar-refractivity contribution in [3.8, 4) is 11.5 Å². The highest BCUT2D eigenvalue weighted by Gasteiger charge is 2.19. The molecule has 0 bridgehead atoms. The molecule has 0 aromatic heterocycles. The zero-order valence-electron chi connectivity index (χ0n) is 15.5. The van der Waals surface area contributed by atoms with E-state index in [1.807, 2.05) is 70.2 Å². The molecule has 134 valence electrons. The van der Waals surface area contributed by atoms with Gasteiger partial charge < -0.3 is 14.8 Å². The van der Waals surface area contributed by atoms with Crippen molar-refractivity contribution in [3.63, 3.8) is 0 Å². The van der Waals surface area contributed by atoms with E-state index in [1.54, 1.807) is 0 Å². The molecule has 4 heteroatoms. The van der Waals surface area contributed by atoms with Gasteiger partial charge in [-0.1, -0.05) is 31.2 Å². The van der Waals surface area contributed by atoms with Crippen LogP contribution in [0.15, 0.2) is 42.5 Å². The minimum atomic E-state index is -0.497. The van der Waals surface area contributed by atoms with E-state index in [0.717, 1.165) is 28.2 Å². The quantitative estimate of drug-likeness (QED) is 0.784. The highest BCUT2D eigenvalue weighted by Crippen LogP contribution is 2.22. The lowest BCUT2D eigenvalue weighted by Crippen LogP contribution is -2.37. The molecule has 2 aromatic carbocycles. The summed E-state index contributed by atoms with van der Waals surface area (Å²) in [4.78, 5) is 12.5. The van der Waals surface area contributed by atoms with Gasteiger partial charge in [0.25, 0.3) is 5.91 Å². The van der Waals surface area contributed by atoms with Crippen molar-refractivity contribution >= 4 is 5.91 Å². The Labute approximate surface area is 150 Å². The highest BCUT2D eigenvalue weighted by molar-refractivity contribution is 5.81. The van der Waals surface area contributed by atoms with E-state index in [0.29, 0.717) is 19.6 Å². The van der Waals surface area contributed by atoms with Crippen molar-refractivity contribution in [1.29, 1.82) is 0 Å². The summed E-state index contributed by atoms with van der Waals surface area (Å²) >= 11 is 0. The predicted molar refractivity (Wildman–Crippen MR) is 100 cm³/mol. The molecule has 0 radical (unpaired) electrons. The number of benzene rings is 2. The predicted octanol–water partition coefficient (Wildman–Crippen LogP) is 4.18. The van der Waals surface area contributed by atoms with E-state index in [2.05, 4.69) is 5.32 Å². The number of hydrogen-bond acceptors (Lipinski definition) is 3. The van der Waals surface area contributed by atoms with Gasteiger partial charge in [-0.2, -0.15) is 0 Å². The first kappa shape index (κ1) is 18.8. The van der Waals surface area contributed by atoms with Crippen LogP contribution >= 0.6 is 0 Å². The summed E-state index contributed by atoms with van der Waals surface area (Å²) in [5, 5.41) is 2.95. The van der Waals surface area contributed by atoms with Crippen LogP contribution in [0.1, 0.15) is 37.0 Å². The average molecular weight is 341 g/mol. The zero-order valence-corrected chi connectivity index (χ0v) is 15.5. The molecule has 2 rings (SSSR count). The van der Waals surface area contributed by atoms with Gasteiger partial charge in [0.05, 0.1) is 6.61 Å². The van der Waals surface area contributed by atoms with Crippen LogP contribution in [0, 0.1) is 13.8 Å². The second-order valence-electron chi connectivity index (χ2n) is 6.01. The maximum absolute atomic E-state index is 12.5. The van der Waals surface area contributed by atoms with Crippen LogP contribution in [0.25, 0.3) is 0 Å². The molecule has 1 amide bonds. The lowest BCUT2D eigenvalue weighted by Gasteiger charge is -2.19. The molecule has 0 saturated carbocycles. The molecule has 1 atom stereocenters. The average Bonchev–Trinajstić information content (AvgIpc) is 2.62. The third-order valence-corrected chi connectivity index (χ3v) is 4.19. The van der Waals surface area contributed by atoms with Crippen LogP contribution in [0.3, 0.4) is 0 Å². The van der Waals surface area contributed by atoms with Gasteiger partial charge in [0.2, 0.25) is 0 Å². The highest BCUT2D eigenvalue weighted by atomic mass is 16.5. The summed E-state index contributed by atoms with van der Waals surface area (Å²) in [6.07, 6.45) is 0.117. The molecule has 0 aliphatic rings. The fraction of sp³-hybridized carbons (Fsp3) is 0.381. The second-order valence-corrected chi connectivity index (χ2v) is 6.01. The Morgan fingerprint density at radius 1 is 1.08 bits per heavy atom. The summed E-state index contributed by atoms with van der Waals surface area (Å²) in [5.41, 5.74) is 3.25. The first-order valence-corrected chi connectivity index (χ1v) is 8.77. The van der Waals surface area contributed by atoms with Gasteiger partial charge in [0, 0.05) is 6.54 Å². The molecule has 25 heavy (non-hydrogen) atoms. The van der Waals surface area contributed by atoms with E-state index in [9.17, 15) is 4.79 Å². The largest absolute Gasteiger partial charge is 0.494 e. The Morgan fingerprint density at radius 3 is 2.44 bits per heavy atom. The lowest BCUT2D eigenvalue weighted by atomic mass is 10.1. The molecule has 4 nitrogen and oxygen atoms in total. The van der Waals surface area contributed by atoms with Crippen LogP contribution in [0.2, 0.25) is 0 Å². The minimum Gasteiger partial charge on any atom is -0.494 e. The fourth-order valence-corrected chi connectivity index (χ4v) is 2.50. The third kappa shape index (κ3) is 5.24. The SMILES string of the molecule is CCOc1ccc(CNC(=O)C(CC)Oc2cccc(C)c2C)cc1. The maximum atomic E-state index is 12.5. The molecule has 0 aliphatic heterocycles. The van der Waals surface area contributed by atoms with Crippen molar-refractivity contribution in [2.45, 2.75) is 46.8 Å². The number of amides is 1. The number of carbonyl (C=O) groups is 1. The van der Waals surface area contributed by atoms with Crippen LogP contribution in [-0.2, 0) is 11.3 Å². The van der Waals surface area contributed by atoms with E-state index in [4.69, 9.17) is 9.47 Å². The van der Waals surface area contributed by atoms with Gasteiger partial charge in [-0.15, -0.1) is 0 Å². The Kier molecular flexibility index (Phi) is 6.87. The van der Waals surface area contributed by atoms with E-state index in [-0.39, 0.29) is 5.91 Å². The molecule has 0 spiro atoms. The number of carbonyl (C=O) groups excluding carboxylic acids is 1. The number of ether oxygens (including phenoxy) is 2. The molecule has 0 fully saturated rings. The third-order valence-electron chi connectivity index (χ3n) is 4.19. The van der Waals surface area contributed by atoms with Gasteiger partial charge in [0.15, 0.2) is 6.10 Å². The van der Waals surface area contributed by atoms with Crippen molar-refractivity contribution < 1.29 is 14.3 Å². The molecular weight excluding hydrogens is 314 g/mol. The normalized spacial score (nSPS) is 11.7. The minimum absolute atomic E-state index is 0.0997. The first-order valence-electron chi connectivity index (χ1n) is 8.77. The summed E-state index contributed by atoms with van der Waals surface area (Å²) in [6, 6.07) is 13.6. The lowest BCUT2D eigenvalue weighted by molar-refractivity contribution is -0.128. The Morgan fingerprint density at radius 2 is 1.80 bits per heavy atom. The molecule has 1 unspecified atom stereocenters. The molecular formula is C21H27NO3. The summed E-state index contributed by atoms with van der Waals surface area (Å²) in [7, 11) is 0. The topological polar surface area (TPSA) is 47.6 Å². The maximum Gasteiger partial charge on any atom is 0.261 e. The molecule has 0 aliphatic carbocycles. The number of rotatable bonds is 8. The van der Waals surface area contributed by atoms with Crippen LogP contribution in [0.4, 0.5) is 0 Å². The summed E-state index contributed by atoms with van der Waals surface area (Å²) in [5.74, 6) is 1.50. The number of hydrogen-bond donors (Lipinski definition) is 1. The molecule has 2 aromatic rings. The van der Waals surface area contributed by atoms with Crippen molar-refractivity contribution in [2.24, 2.45) is 0 Å². The zero-order chi connectivity index (χ0) is 18.2. The Bertz CT molecular complexity index is 695. The van der Waals surface area contributed by atoms with Gasteiger partial charge >= 0.3 is 0 Å². The van der Waals surface area contributed by atoms with Crippen LogP contribution in [0.5, 0.6) is 11.5 Å².